The van der Waals surface area contributed by atoms with Crippen molar-refractivity contribution in [1.82, 2.24) is 15.3 Å². The van der Waals surface area contributed by atoms with Crippen LogP contribution in [-0.4, -0.2) is 23.1 Å². The van der Waals surface area contributed by atoms with Crippen LogP contribution in [0.1, 0.15) is 30.3 Å². The summed E-state index contributed by atoms with van der Waals surface area (Å²) in [5.41, 5.74) is 3.35. The predicted molar refractivity (Wildman–Crippen MR) is 74.9 cm³/mol. The van der Waals surface area contributed by atoms with Crippen LogP contribution in [0.15, 0.2) is 22.9 Å². The third-order valence-corrected chi connectivity index (χ3v) is 4.08. The van der Waals surface area contributed by atoms with Gasteiger partial charge >= 0.3 is 0 Å². The van der Waals surface area contributed by atoms with Crippen LogP contribution in [0.2, 0.25) is 0 Å². The lowest BCUT2D eigenvalue weighted by molar-refractivity contribution is 0.444. The fourth-order valence-corrected chi connectivity index (χ4v) is 3.06. The number of thiophene rings is 1. The first-order valence-corrected chi connectivity index (χ1v) is 7.36. The number of hydrogen-bond acceptors (Lipinski definition) is 4. The first-order valence-electron chi connectivity index (χ1n) is 6.42. The molecule has 94 valence electrons. The molecule has 3 rings (SSSR count). The van der Waals surface area contributed by atoms with Gasteiger partial charge in [0.25, 0.3) is 0 Å². The highest BCUT2D eigenvalue weighted by Crippen LogP contribution is 2.26. The van der Waals surface area contributed by atoms with Crippen molar-refractivity contribution < 1.29 is 0 Å². The maximum absolute atomic E-state index is 4.77. The Labute approximate surface area is 111 Å². The Morgan fingerprint density at radius 3 is 2.83 bits per heavy atom. The Hall–Kier alpha value is -1.26. The highest BCUT2D eigenvalue weighted by atomic mass is 32.1. The van der Waals surface area contributed by atoms with E-state index in [2.05, 4.69) is 40.1 Å². The van der Waals surface area contributed by atoms with Crippen LogP contribution in [0.5, 0.6) is 0 Å². The van der Waals surface area contributed by atoms with Gasteiger partial charge in [0.2, 0.25) is 0 Å². The summed E-state index contributed by atoms with van der Waals surface area (Å²) in [6.45, 7) is 4.22. The van der Waals surface area contributed by atoms with Crippen LogP contribution >= 0.6 is 11.3 Å². The van der Waals surface area contributed by atoms with Gasteiger partial charge in [0.15, 0.2) is 0 Å². The van der Waals surface area contributed by atoms with Crippen LogP contribution in [0.25, 0.3) is 11.3 Å². The Morgan fingerprint density at radius 2 is 2.11 bits per heavy atom. The molecule has 3 nitrogen and oxygen atoms in total. The van der Waals surface area contributed by atoms with Gasteiger partial charge in [0.05, 0.1) is 5.69 Å². The number of nitrogens with zero attached hydrogens (tertiary/aromatic N) is 2. The molecular weight excluding hydrogens is 242 g/mol. The molecule has 1 fully saturated rings. The molecule has 1 aliphatic rings. The summed E-state index contributed by atoms with van der Waals surface area (Å²) in [4.78, 5) is 9.40. The van der Waals surface area contributed by atoms with E-state index in [9.17, 15) is 0 Å². The van der Waals surface area contributed by atoms with Gasteiger partial charge in [-0.05, 0) is 50.4 Å². The summed E-state index contributed by atoms with van der Waals surface area (Å²) in [5, 5.41) is 7.63. The van der Waals surface area contributed by atoms with E-state index < -0.39 is 0 Å². The van der Waals surface area contributed by atoms with E-state index >= 15 is 0 Å². The van der Waals surface area contributed by atoms with E-state index in [0.717, 1.165) is 43.1 Å². The second-order valence-electron chi connectivity index (χ2n) is 4.79. The first kappa shape index (κ1) is 11.8. The molecule has 4 heteroatoms. The van der Waals surface area contributed by atoms with Gasteiger partial charge < -0.3 is 5.32 Å². The zero-order chi connectivity index (χ0) is 12.4. The number of aromatic nitrogens is 2. The predicted octanol–water partition coefficient (Wildman–Crippen LogP) is 2.98. The molecule has 1 saturated heterocycles. The van der Waals surface area contributed by atoms with E-state index in [1.54, 1.807) is 11.3 Å². The maximum Gasteiger partial charge on any atom is 0.132 e. The Bertz CT molecular complexity index is 516. The van der Waals surface area contributed by atoms with E-state index in [1.807, 2.05) is 0 Å². The summed E-state index contributed by atoms with van der Waals surface area (Å²) in [7, 11) is 0. The molecule has 3 heterocycles. The molecule has 0 amide bonds. The summed E-state index contributed by atoms with van der Waals surface area (Å²) < 4.78 is 0. The van der Waals surface area contributed by atoms with E-state index in [0.29, 0.717) is 5.92 Å². The Balaban J connectivity index is 1.95. The third-order valence-electron chi connectivity index (χ3n) is 3.39. The largest absolute Gasteiger partial charge is 0.317 e. The van der Waals surface area contributed by atoms with Crippen molar-refractivity contribution in [3.63, 3.8) is 0 Å². The minimum absolute atomic E-state index is 0.517. The second-order valence-corrected chi connectivity index (χ2v) is 5.57. The molecular formula is C14H17N3S. The molecule has 0 saturated carbocycles. The van der Waals surface area contributed by atoms with Gasteiger partial charge in [-0.3, -0.25) is 0 Å². The van der Waals surface area contributed by atoms with Crippen molar-refractivity contribution in [1.29, 1.82) is 0 Å². The van der Waals surface area contributed by atoms with E-state index in [4.69, 9.17) is 4.98 Å². The van der Waals surface area contributed by atoms with Crippen molar-refractivity contribution in [2.24, 2.45) is 0 Å². The Kier molecular flexibility index (Phi) is 3.39. The molecule has 2 aromatic rings. The van der Waals surface area contributed by atoms with Crippen LogP contribution in [-0.2, 0) is 0 Å². The molecule has 0 radical (unpaired) electrons. The van der Waals surface area contributed by atoms with Crippen molar-refractivity contribution in [2.45, 2.75) is 25.7 Å². The topological polar surface area (TPSA) is 37.8 Å². The molecule has 0 aliphatic carbocycles. The van der Waals surface area contributed by atoms with Gasteiger partial charge in [-0.25, -0.2) is 9.97 Å². The van der Waals surface area contributed by atoms with Gasteiger partial charge in [-0.15, -0.1) is 0 Å². The SMILES string of the molecule is Cc1cc(-c2ccsc2)nc(C2CCNCC2)n1. The van der Waals surface area contributed by atoms with Crippen molar-refractivity contribution >= 4 is 11.3 Å². The number of hydrogen-bond donors (Lipinski definition) is 1. The summed E-state index contributed by atoms with van der Waals surface area (Å²) >= 11 is 1.71. The second kappa shape index (κ2) is 5.16. The lowest BCUT2D eigenvalue weighted by atomic mass is 9.97. The molecule has 18 heavy (non-hydrogen) atoms. The third kappa shape index (κ3) is 2.44. The number of nitrogens with one attached hydrogen (secondary N) is 1. The Morgan fingerprint density at radius 1 is 1.28 bits per heavy atom. The highest BCUT2D eigenvalue weighted by molar-refractivity contribution is 7.08. The average molecular weight is 259 g/mol. The molecule has 1 aliphatic heterocycles. The zero-order valence-electron chi connectivity index (χ0n) is 10.5. The van der Waals surface area contributed by atoms with Gasteiger partial charge in [-0.2, -0.15) is 11.3 Å². The lowest BCUT2D eigenvalue weighted by Crippen LogP contribution is -2.27. The standard InChI is InChI=1S/C14H17N3S/c1-10-8-13(12-4-7-18-9-12)17-14(16-10)11-2-5-15-6-3-11/h4,7-9,11,15H,2-3,5-6H2,1H3. The number of aryl methyl sites for hydroxylation is 1. The van der Waals surface area contributed by atoms with Crippen LogP contribution < -0.4 is 5.32 Å². The highest BCUT2D eigenvalue weighted by Gasteiger charge is 2.18. The molecule has 0 spiro atoms. The normalized spacial score (nSPS) is 16.9. The van der Waals surface area contributed by atoms with E-state index in [-0.39, 0.29) is 0 Å². The fourth-order valence-electron chi connectivity index (χ4n) is 2.41. The number of rotatable bonds is 2. The lowest BCUT2D eigenvalue weighted by Gasteiger charge is -2.21. The molecule has 0 unspecified atom stereocenters. The number of piperidine rings is 1. The van der Waals surface area contributed by atoms with Crippen molar-refractivity contribution in [3.8, 4) is 11.3 Å². The smallest absolute Gasteiger partial charge is 0.132 e. The minimum atomic E-state index is 0.517. The van der Waals surface area contributed by atoms with Gasteiger partial charge in [0.1, 0.15) is 5.82 Å². The van der Waals surface area contributed by atoms with Crippen molar-refractivity contribution in [2.75, 3.05) is 13.1 Å². The first-order chi connectivity index (χ1) is 8.83. The van der Waals surface area contributed by atoms with E-state index in [1.165, 1.54) is 5.56 Å². The van der Waals surface area contributed by atoms with Crippen LogP contribution in [0, 0.1) is 6.92 Å². The van der Waals surface area contributed by atoms with Crippen molar-refractivity contribution in [3.05, 3.63) is 34.4 Å². The van der Waals surface area contributed by atoms with Gasteiger partial charge in [0, 0.05) is 22.6 Å². The fraction of sp³-hybridized carbons (Fsp3) is 0.429. The van der Waals surface area contributed by atoms with Crippen LogP contribution in [0.4, 0.5) is 0 Å². The van der Waals surface area contributed by atoms with Crippen LogP contribution in [0.3, 0.4) is 0 Å². The molecule has 0 aromatic carbocycles. The summed E-state index contributed by atoms with van der Waals surface area (Å²) in [5.74, 6) is 1.54. The quantitative estimate of drug-likeness (QED) is 0.901. The molecule has 0 atom stereocenters. The zero-order valence-corrected chi connectivity index (χ0v) is 11.3. The molecule has 1 N–H and O–H groups in total. The van der Waals surface area contributed by atoms with Gasteiger partial charge in [-0.1, -0.05) is 0 Å². The molecule has 0 bridgehead atoms. The monoisotopic (exact) mass is 259 g/mol. The average Bonchev–Trinajstić information content (AvgIpc) is 2.93. The molecule has 2 aromatic heterocycles. The summed E-state index contributed by atoms with van der Waals surface area (Å²) in [6.07, 6.45) is 2.29. The maximum atomic E-state index is 4.77. The minimum Gasteiger partial charge on any atom is -0.317 e. The summed E-state index contributed by atoms with van der Waals surface area (Å²) in [6, 6.07) is 4.20.